The molecule has 0 spiro atoms. The molecule has 3 nitrogen and oxygen atoms in total. The van der Waals surface area contributed by atoms with Crippen LogP contribution in [0.25, 0.3) is 0 Å². The van der Waals surface area contributed by atoms with Crippen LogP contribution in [0.3, 0.4) is 0 Å². The lowest BCUT2D eigenvalue weighted by Gasteiger charge is -2.20. The Morgan fingerprint density at radius 3 is 3.06 bits per heavy atom. The molecule has 0 bridgehead atoms. The minimum Gasteiger partial charge on any atom is -0.508 e. The molecule has 0 aromatic heterocycles. The van der Waals surface area contributed by atoms with Gasteiger partial charge in [0.25, 0.3) is 0 Å². The number of aromatic hydroxyl groups is 1. The predicted molar refractivity (Wildman–Crippen MR) is 65.9 cm³/mol. The highest BCUT2D eigenvalue weighted by molar-refractivity contribution is 6.30. The molecular weight excluding hydrogens is 224 g/mol. The molecule has 0 aliphatic carbocycles. The fourth-order valence-corrected chi connectivity index (χ4v) is 2.18. The lowest BCUT2D eigenvalue weighted by molar-refractivity contribution is 0.280. The number of hydrogen-bond acceptors (Lipinski definition) is 3. The zero-order chi connectivity index (χ0) is 11.4. The second kappa shape index (κ2) is 5.53. The largest absolute Gasteiger partial charge is 0.508 e. The molecule has 1 saturated heterocycles. The topological polar surface area (TPSA) is 35.5 Å². The molecule has 4 heteroatoms. The summed E-state index contributed by atoms with van der Waals surface area (Å²) in [5, 5.41) is 13.8. The van der Waals surface area contributed by atoms with Gasteiger partial charge in [-0.15, -0.1) is 0 Å². The van der Waals surface area contributed by atoms with Crippen molar-refractivity contribution >= 4 is 11.6 Å². The first kappa shape index (κ1) is 11.7. The molecule has 1 fully saturated rings. The van der Waals surface area contributed by atoms with Crippen LogP contribution in [0.2, 0.25) is 5.02 Å². The van der Waals surface area contributed by atoms with Gasteiger partial charge in [0.1, 0.15) is 5.75 Å². The van der Waals surface area contributed by atoms with E-state index in [-0.39, 0.29) is 0 Å². The van der Waals surface area contributed by atoms with Gasteiger partial charge < -0.3 is 10.4 Å². The second-order valence-corrected chi connectivity index (χ2v) is 4.59. The molecule has 2 rings (SSSR count). The monoisotopic (exact) mass is 240 g/mol. The molecular formula is C12H17ClN2O. The van der Waals surface area contributed by atoms with E-state index >= 15 is 0 Å². The average Bonchev–Trinajstić information content (AvgIpc) is 2.52. The Balaban J connectivity index is 2.04. The van der Waals surface area contributed by atoms with E-state index in [0.29, 0.717) is 10.8 Å². The van der Waals surface area contributed by atoms with E-state index in [1.807, 2.05) is 6.07 Å². The third-order valence-corrected chi connectivity index (χ3v) is 3.10. The molecule has 88 valence electrons. The number of phenols is 1. The van der Waals surface area contributed by atoms with Gasteiger partial charge >= 0.3 is 0 Å². The normalized spacial score (nSPS) is 18.3. The van der Waals surface area contributed by atoms with Crippen LogP contribution >= 0.6 is 11.6 Å². The molecule has 1 heterocycles. The van der Waals surface area contributed by atoms with Gasteiger partial charge in [-0.1, -0.05) is 11.6 Å². The fraction of sp³-hybridized carbons (Fsp3) is 0.500. The Kier molecular flexibility index (Phi) is 4.04. The summed E-state index contributed by atoms with van der Waals surface area (Å²) in [6, 6.07) is 5.22. The van der Waals surface area contributed by atoms with Gasteiger partial charge in [-0.3, -0.25) is 4.90 Å². The number of benzene rings is 1. The van der Waals surface area contributed by atoms with Crippen molar-refractivity contribution in [2.75, 3.05) is 26.2 Å². The summed E-state index contributed by atoms with van der Waals surface area (Å²) < 4.78 is 0. The minimum absolute atomic E-state index is 0.335. The molecule has 1 aliphatic heterocycles. The first-order valence-electron chi connectivity index (χ1n) is 5.66. The summed E-state index contributed by atoms with van der Waals surface area (Å²) in [5.41, 5.74) is 0.911. The zero-order valence-corrected chi connectivity index (χ0v) is 10.0. The Morgan fingerprint density at radius 2 is 2.19 bits per heavy atom. The van der Waals surface area contributed by atoms with E-state index in [1.165, 1.54) is 0 Å². The van der Waals surface area contributed by atoms with E-state index < -0.39 is 0 Å². The summed E-state index contributed by atoms with van der Waals surface area (Å²) in [6.45, 7) is 4.96. The van der Waals surface area contributed by atoms with Crippen molar-refractivity contribution in [2.24, 2.45) is 0 Å². The van der Waals surface area contributed by atoms with Crippen molar-refractivity contribution in [1.82, 2.24) is 10.2 Å². The van der Waals surface area contributed by atoms with E-state index in [4.69, 9.17) is 11.6 Å². The molecule has 0 atom stereocenters. The van der Waals surface area contributed by atoms with Gasteiger partial charge in [-0.05, 0) is 37.7 Å². The number of phenolic OH excluding ortho intramolecular Hbond substituents is 1. The molecule has 1 aliphatic rings. The van der Waals surface area contributed by atoms with Gasteiger partial charge in [0, 0.05) is 30.2 Å². The lowest BCUT2D eigenvalue weighted by Crippen LogP contribution is -2.27. The molecule has 0 unspecified atom stereocenters. The Bertz CT molecular complexity index is 349. The van der Waals surface area contributed by atoms with Crippen molar-refractivity contribution in [2.45, 2.75) is 13.0 Å². The predicted octanol–water partition coefficient (Wildman–Crippen LogP) is 1.84. The molecule has 0 saturated carbocycles. The summed E-state index contributed by atoms with van der Waals surface area (Å²) in [6.07, 6.45) is 1.15. The molecule has 0 amide bonds. The van der Waals surface area contributed by atoms with Gasteiger partial charge in [0.05, 0.1) is 0 Å². The number of halogens is 1. The van der Waals surface area contributed by atoms with Crippen molar-refractivity contribution < 1.29 is 5.11 Å². The van der Waals surface area contributed by atoms with Gasteiger partial charge in [0.15, 0.2) is 0 Å². The van der Waals surface area contributed by atoms with Gasteiger partial charge in [-0.2, -0.15) is 0 Å². The Morgan fingerprint density at radius 1 is 1.31 bits per heavy atom. The van der Waals surface area contributed by atoms with Crippen LogP contribution in [-0.4, -0.2) is 36.2 Å². The van der Waals surface area contributed by atoms with Gasteiger partial charge in [0.2, 0.25) is 0 Å². The van der Waals surface area contributed by atoms with E-state index in [0.717, 1.165) is 44.7 Å². The van der Waals surface area contributed by atoms with E-state index in [9.17, 15) is 5.11 Å². The minimum atomic E-state index is 0.335. The quantitative estimate of drug-likeness (QED) is 0.828. The highest BCUT2D eigenvalue weighted by Gasteiger charge is 2.11. The zero-order valence-electron chi connectivity index (χ0n) is 9.25. The van der Waals surface area contributed by atoms with Crippen LogP contribution in [0.1, 0.15) is 12.0 Å². The van der Waals surface area contributed by atoms with Crippen LogP contribution in [0.4, 0.5) is 0 Å². The third kappa shape index (κ3) is 3.11. The second-order valence-electron chi connectivity index (χ2n) is 4.15. The Labute approximate surface area is 101 Å². The highest BCUT2D eigenvalue weighted by Crippen LogP contribution is 2.23. The summed E-state index contributed by atoms with van der Waals surface area (Å²) in [7, 11) is 0. The van der Waals surface area contributed by atoms with Crippen molar-refractivity contribution in [3.63, 3.8) is 0 Å². The average molecular weight is 241 g/mol. The first-order valence-corrected chi connectivity index (χ1v) is 6.04. The Hall–Kier alpha value is -0.770. The maximum Gasteiger partial charge on any atom is 0.120 e. The van der Waals surface area contributed by atoms with Crippen molar-refractivity contribution in [3.8, 4) is 5.75 Å². The standard InChI is InChI=1S/C12H17ClN2O/c13-11-2-3-12(16)10(8-11)9-15-6-1-4-14-5-7-15/h2-3,8,14,16H,1,4-7,9H2. The third-order valence-electron chi connectivity index (χ3n) is 2.87. The number of rotatable bonds is 2. The summed E-state index contributed by atoms with van der Waals surface area (Å²) in [5.74, 6) is 0.335. The molecule has 2 N–H and O–H groups in total. The maximum atomic E-state index is 9.73. The fourth-order valence-electron chi connectivity index (χ4n) is 1.98. The number of hydrogen-bond donors (Lipinski definition) is 2. The number of nitrogens with one attached hydrogen (secondary N) is 1. The van der Waals surface area contributed by atoms with Crippen LogP contribution in [-0.2, 0) is 6.54 Å². The maximum absolute atomic E-state index is 9.73. The van der Waals surface area contributed by atoms with Gasteiger partial charge in [-0.25, -0.2) is 0 Å². The smallest absolute Gasteiger partial charge is 0.120 e. The highest BCUT2D eigenvalue weighted by atomic mass is 35.5. The number of nitrogens with zero attached hydrogens (tertiary/aromatic N) is 1. The van der Waals surface area contributed by atoms with E-state index in [2.05, 4.69) is 10.2 Å². The molecule has 1 aromatic rings. The summed E-state index contributed by atoms with van der Waals surface area (Å²) in [4.78, 5) is 2.34. The van der Waals surface area contributed by atoms with Crippen molar-refractivity contribution in [3.05, 3.63) is 28.8 Å². The SMILES string of the molecule is Oc1ccc(Cl)cc1CN1CCCNCC1. The first-order chi connectivity index (χ1) is 7.75. The van der Waals surface area contributed by atoms with E-state index in [1.54, 1.807) is 12.1 Å². The van der Waals surface area contributed by atoms with Crippen LogP contribution < -0.4 is 5.32 Å². The lowest BCUT2D eigenvalue weighted by atomic mass is 10.2. The molecule has 16 heavy (non-hydrogen) atoms. The molecule has 0 radical (unpaired) electrons. The van der Waals surface area contributed by atoms with Crippen LogP contribution in [0.15, 0.2) is 18.2 Å². The van der Waals surface area contributed by atoms with Crippen molar-refractivity contribution in [1.29, 1.82) is 0 Å². The van der Waals surface area contributed by atoms with Crippen LogP contribution in [0.5, 0.6) is 5.75 Å². The summed E-state index contributed by atoms with van der Waals surface area (Å²) >= 11 is 5.92. The molecule has 1 aromatic carbocycles. The van der Waals surface area contributed by atoms with Crippen LogP contribution in [0, 0.1) is 0 Å².